The second kappa shape index (κ2) is 5.57. The normalized spacial score (nSPS) is 15.6. The van der Waals surface area contributed by atoms with Crippen LogP contribution in [0.15, 0.2) is 30.5 Å². The summed E-state index contributed by atoms with van der Waals surface area (Å²) in [5.41, 5.74) is 2.44. The minimum Gasteiger partial charge on any atom is -0.396 e. The summed E-state index contributed by atoms with van der Waals surface area (Å²) >= 11 is 0. The Labute approximate surface area is 130 Å². The molecule has 1 fully saturated rings. The highest BCUT2D eigenvalue weighted by Gasteiger charge is 2.42. The molecular weight excluding hydrogens is 278 g/mol. The van der Waals surface area contributed by atoms with Crippen LogP contribution in [0, 0.1) is 19.3 Å². The van der Waals surface area contributed by atoms with Gasteiger partial charge in [-0.05, 0) is 44.9 Å². The van der Waals surface area contributed by atoms with Crippen molar-refractivity contribution >= 4 is 5.91 Å². The molecule has 0 radical (unpaired) electrons. The molecule has 0 atom stereocenters. The number of hydrogen-bond donors (Lipinski definition) is 2. The lowest BCUT2D eigenvalue weighted by Gasteiger charge is -2.13. The van der Waals surface area contributed by atoms with Gasteiger partial charge in [-0.3, -0.25) is 4.79 Å². The summed E-state index contributed by atoms with van der Waals surface area (Å²) in [7, 11) is 0. The van der Waals surface area contributed by atoms with Gasteiger partial charge in [-0.1, -0.05) is 6.07 Å². The molecule has 2 aromatic heterocycles. The number of aromatic nitrogens is 2. The van der Waals surface area contributed by atoms with E-state index in [0.717, 1.165) is 30.0 Å². The zero-order chi connectivity index (χ0) is 15.7. The molecule has 1 saturated carbocycles. The van der Waals surface area contributed by atoms with Crippen LogP contribution >= 0.6 is 0 Å². The predicted molar refractivity (Wildman–Crippen MR) is 84.1 cm³/mol. The number of aryl methyl sites for hydroxylation is 1. The van der Waals surface area contributed by atoms with Crippen LogP contribution < -0.4 is 5.32 Å². The fourth-order valence-corrected chi connectivity index (χ4v) is 2.76. The molecule has 0 bridgehead atoms. The highest BCUT2D eigenvalue weighted by atomic mass is 16.3. The number of hydrogen-bond acceptors (Lipinski definition) is 3. The van der Waals surface area contributed by atoms with Crippen LogP contribution in [0.4, 0.5) is 0 Å². The van der Waals surface area contributed by atoms with Gasteiger partial charge in [-0.2, -0.15) is 0 Å². The number of rotatable bonds is 5. The van der Waals surface area contributed by atoms with Crippen molar-refractivity contribution in [3.63, 3.8) is 0 Å². The molecule has 2 heterocycles. The molecule has 2 N–H and O–H groups in total. The van der Waals surface area contributed by atoms with E-state index in [2.05, 4.69) is 10.3 Å². The van der Waals surface area contributed by atoms with Crippen molar-refractivity contribution in [3.8, 4) is 5.82 Å². The summed E-state index contributed by atoms with van der Waals surface area (Å²) in [6.45, 7) is 4.57. The Morgan fingerprint density at radius 3 is 2.77 bits per heavy atom. The van der Waals surface area contributed by atoms with Crippen LogP contribution in [0.3, 0.4) is 0 Å². The smallest absolute Gasteiger partial charge is 0.253 e. The largest absolute Gasteiger partial charge is 0.396 e. The zero-order valence-corrected chi connectivity index (χ0v) is 13.0. The van der Waals surface area contributed by atoms with Gasteiger partial charge >= 0.3 is 0 Å². The molecule has 0 aliphatic heterocycles. The van der Waals surface area contributed by atoms with Crippen molar-refractivity contribution < 1.29 is 9.90 Å². The molecule has 0 saturated heterocycles. The molecule has 0 aromatic carbocycles. The summed E-state index contributed by atoms with van der Waals surface area (Å²) < 4.78 is 1.98. The number of nitrogens with one attached hydrogen (secondary N) is 1. The monoisotopic (exact) mass is 299 g/mol. The van der Waals surface area contributed by atoms with Gasteiger partial charge in [0.25, 0.3) is 5.91 Å². The molecule has 116 valence electrons. The van der Waals surface area contributed by atoms with Crippen molar-refractivity contribution in [1.29, 1.82) is 0 Å². The van der Waals surface area contributed by atoms with E-state index in [1.807, 2.05) is 42.7 Å². The molecule has 5 nitrogen and oxygen atoms in total. The highest BCUT2D eigenvalue weighted by Crippen LogP contribution is 2.44. The van der Waals surface area contributed by atoms with Crippen molar-refractivity contribution in [2.45, 2.75) is 26.7 Å². The maximum Gasteiger partial charge on any atom is 0.253 e. The van der Waals surface area contributed by atoms with Gasteiger partial charge in [0.2, 0.25) is 0 Å². The summed E-state index contributed by atoms with van der Waals surface area (Å²) in [5.74, 6) is 0.723. The van der Waals surface area contributed by atoms with Gasteiger partial charge in [-0.25, -0.2) is 4.98 Å². The van der Waals surface area contributed by atoms with E-state index < -0.39 is 0 Å². The molecule has 3 rings (SSSR count). The van der Waals surface area contributed by atoms with Crippen molar-refractivity contribution in [1.82, 2.24) is 14.9 Å². The predicted octanol–water partition coefficient (Wildman–Crippen LogP) is 1.99. The van der Waals surface area contributed by atoms with Gasteiger partial charge in [0.1, 0.15) is 5.82 Å². The lowest BCUT2D eigenvalue weighted by Crippen LogP contribution is -2.32. The van der Waals surface area contributed by atoms with E-state index in [1.165, 1.54) is 0 Å². The molecule has 2 aromatic rings. The van der Waals surface area contributed by atoms with E-state index in [9.17, 15) is 9.90 Å². The first-order chi connectivity index (χ1) is 10.6. The molecule has 0 spiro atoms. The summed E-state index contributed by atoms with van der Waals surface area (Å²) in [4.78, 5) is 16.8. The Hall–Kier alpha value is -2.14. The van der Waals surface area contributed by atoms with Crippen LogP contribution in [0.2, 0.25) is 0 Å². The van der Waals surface area contributed by atoms with E-state index >= 15 is 0 Å². The van der Waals surface area contributed by atoms with Crippen molar-refractivity contribution in [3.05, 3.63) is 47.4 Å². The first kappa shape index (κ1) is 14.8. The van der Waals surface area contributed by atoms with E-state index in [1.54, 1.807) is 6.20 Å². The van der Waals surface area contributed by atoms with Gasteiger partial charge in [0.05, 0.1) is 12.2 Å². The third-order valence-corrected chi connectivity index (χ3v) is 4.47. The Bertz CT molecular complexity index is 687. The first-order valence-corrected chi connectivity index (χ1v) is 7.56. The second-order valence-electron chi connectivity index (χ2n) is 6.15. The lowest BCUT2D eigenvalue weighted by atomic mass is 10.1. The molecular formula is C17H21N3O2. The van der Waals surface area contributed by atoms with Gasteiger partial charge < -0.3 is 15.0 Å². The van der Waals surface area contributed by atoms with Crippen molar-refractivity contribution in [2.75, 3.05) is 13.2 Å². The van der Waals surface area contributed by atoms with E-state index in [-0.39, 0.29) is 17.9 Å². The standard InChI is InChI=1S/C17H21N3O2/c1-12-9-14(16(22)19-10-17(11-21)6-7-17)13(2)20(12)15-5-3-4-8-18-15/h3-5,8-9,21H,6-7,10-11H2,1-2H3,(H,19,22). The minimum atomic E-state index is -0.0880. The number of aliphatic hydroxyl groups is 1. The minimum absolute atomic E-state index is 0.0812. The number of nitrogens with zero attached hydrogens (tertiary/aromatic N) is 2. The summed E-state index contributed by atoms with van der Waals surface area (Å²) in [5, 5.41) is 12.3. The fraction of sp³-hybridized carbons (Fsp3) is 0.412. The van der Waals surface area contributed by atoms with Crippen LogP contribution in [-0.4, -0.2) is 33.7 Å². The van der Waals surface area contributed by atoms with Crippen LogP contribution in [-0.2, 0) is 0 Å². The van der Waals surface area contributed by atoms with Gasteiger partial charge in [0, 0.05) is 29.5 Å². The van der Waals surface area contributed by atoms with Crippen LogP contribution in [0.5, 0.6) is 0 Å². The molecule has 5 heteroatoms. The molecule has 0 unspecified atom stereocenters. The number of aliphatic hydroxyl groups excluding tert-OH is 1. The highest BCUT2D eigenvalue weighted by molar-refractivity contribution is 5.95. The summed E-state index contributed by atoms with van der Waals surface area (Å²) in [6.07, 6.45) is 3.71. The molecule has 1 aliphatic carbocycles. The third-order valence-electron chi connectivity index (χ3n) is 4.47. The average Bonchev–Trinajstić information content (AvgIpc) is 3.26. The average molecular weight is 299 g/mol. The third kappa shape index (κ3) is 2.64. The first-order valence-electron chi connectivity index (χ1n) is 7.56. The quantitative estimate of drug-likeness (QED) is 0.887. The maximum absolute atomic E-state index is 12.4. The van der Waals surface area contributed by atoms with Crippen molar-refractivity contribution in [2.24, 2.45) is 5.41 Å². The number of amides is 1. The van der Waals surface area contributed by atoms with Crippen LogP contribution in [0.25, 0.3) is 5.82 Å². The second-order valence-corrected chi connectivity index (χ2v) is 6.15. The van der Waals surface area contributed by atoms with Gasteiger partial charge in [0.15, 0.2) is 0 Å². The zero-order valence-electron chi connectivity index (χ0n) is 13.0. The Balaban J connectivity index is 1.82. The Morgan fingerprint density at radius 2 is 2.18 bits per heavy atom. The number of carbonyl (C=O) groups excluding carboxylic acids is 1. The molecule has 1 aliphatic rings. The fourth-order valence-electron chi connectivity index (χ4n) is 2.76. The number of pyridine rings is 1. The molecule has 22 heavy (non-hydrogen) atoms. The van der Waals surface area contributed by atoms with E-state index in [0.29, 0.717) is 12.1 Å². The lowest BCUT2D eigenvalue weighted by molar-refractivity contribution is 0.0934. The molecule has 1 amide bonds. The SMILES string of the molecule is Cc1cc(C(=O)NCC2(CO)CC2)c(C)n1-c1ccccn1. The summed E-state index contributed by atoms with van der Waals surface area (Å²) in [6, 6.07) is 7.61. The van der Waals surface area contributed by atoms with Gasteiger partial charge in [-0.15, -0.1) is 0 Å². The Morgan fingerprint density at radius 1 is 1.41 bits per heavy atom. The number of carbonyl (C=O) groups is 1. The Kier molecular flexibility index (Phi) is 3.74. The topological polar surface area (TPSA) is 67.2 Å². The maximum atomic E-state index is 12.4. The van der Waals surface area contributed by atoms with E-state index in [4.69, 9.17) is 0 Å². The van der Waals surface area contributed by atoms with Crippen LogP contribution in [0.1, 0.15) is 34.6 Å².